The Labute approximate surface area is 145 Å². The van der Waals surface area contributed by atoms with E-state index in [4.69, 9.17) is 0 Å². The van der Waals surface area contributed by atoms with Crippen LogP contribution in [0.2, 0.25) is 0 Å². The molecule has 1 aliphatic heterocycles. The third-order valence-corrected chi connectivity index (χ3v) is 5.01. The molecule has 128 valence electrons. The Kier molecular flexibility index (Phi) is 7.59. The van der Waals surface area contributed by atoms with Crippen molar-refractivity contribution in [1.82, 2.24) is 10.6 Å². The lowest BCUT2D eigenvalue weighted by Gasteiger charge is -2.28. The molecular weight excluding hydrogens is 304 g/mol. The van der Waals surface area contributed by atoms with Gasteiger partial charge in [0.05, 0.1) is 0 Å². The van der Waals surface area contributed by atoms with Crippen LogP contribution in [0.1, 0.15) is 25.3 Å². The minimum absolute atomic E-state index is 0.452. The van der Waals surface area contributed by atoms with E-state index in [2.05, 4.69) is 58.0 Å². The molecular formula is C18H30N4S. The van der Waals surface area contributed by atoms with Crippen molar-refractivity contribution in [2.24, 2.45) is 4.99 Å². The lowest BCUT2D eigenvalue weighted by molar-refractivity contribution is 0.623. The molecule has 0 saturated carbocycles. The summed E-state index contributed by atoms with van der Waals surface area (Å²) in [5.74, 6) is 2.15. The number of rotatable bonds is 8. The molecule has 0 radical (unpaired) electrons. The minimum Gasteiger partial charge on any atom is -0.366 e. The highest BCUT2D eigenvalue weighted by atomic mass is 32.2. The fourth-order valence-corrected chi connectivity index (χ4v) is 3.47. The van der Waals surface area contributed by atoms with E-state index in [1.807, 2.05) is 18.8 Å². The average Bonchev–Trinajstić information content (AvgIpc) is 3.01. The third kappa shape index (κ3) is 5.34. The number of hydrogen-bond acceptors (Lipinski definition) is 3. The van der Waals surface area contributed by atoms with Crippen molar-refractivity contribution in [3.8, 4) is 0 Å². The molecule has 1 aromatic rings. The second-order valence-corrected chi connectivity index (χ2v) is 6.99. The molecule has 0 aliphatic carbocycles. The van der Waals surface area contributed by atoms with Crippen LogP contribution in [0.4, 0.5) is 5.69 Å². The van der Waals surface area contributed by atoms with Crippen molar-refractivity contribution >= 4 is 23.4 Å². The van der Waals surface area contributed by atoms with Crippen LogP contribution in [0.15, 0.2) is 29.3 Å². The van der Waals surface area contributed by atoms with Gasteiger partial charge < -0.3 is 15.5 Å². The number of nitrogens with zero attached hydrogens (tertiary/aromatic N) is 2. The summed E-state index contributed by atoms with van der Waals surface area (Å²) in [5.41, 5.74) is 2.86. The van der Waals surface area contributed by atoms with Crippen molar-refractivity contribution in [3.63, 3.8) is 0 Å². The zero-order chi connectivity index (χ0) is 16.5. The van der Waals surface area contributed by atoms with Gasteiger partial charge >= 0.3 is 0 Å². The molecule has 2 rings (SSSR count). The lowest BCUT2D eigenvalue weighted by atomic mass is 10.2. The predicted molar refractivity (Wildman–Crippen MR) is 104 cm³/mol. The maximum Gasteiger partial charge on any atom is 0.191 e. The van der Waals surface area contributed by atoms with Gasteiger partial charge in [0, 0.05) is 38.4 Å². The molecule has 1 aromatic carbocycles. The van der Waals surface area contributed by atoms with Crippen LogP contribution in [-0.4, -0.2) is 50.7 Å². The number of unbranched alkanes of at least 4 members (excludes halogenated alkanes) is 1. The van der Waals surface area contributed by atoms with Gasteiger partial charge in [-0.3, -0.25) is 4.99 Å². The summed E-state index contributed by atoms with van der Waals surface area (Å²) in [7, 11) is 1.84. The van der Waals surface area contributed by atoms with Gasteiger partial charge in [0.2, 0.25) is 0 Å². The molecule has 0 amide bonds. The number of benzene rings is 1. The fourth-order valence-electron chi connectivity index (χ4n) is 2.97. The van der Waals surface area contributed by atoms with Crippen molar-refractivity contribution in [2.45, 2.75) is 32.2 Å². The van der Waals surface area contributed by atoms with Crippen LogP contribution >= 0.6 is 11.8 Å². The quantitative estimate of drug-likeness (QED) is 0.436. The second kappa shape index (κ2) is 9.71. The molecule has 0 saturated heterocycles. The lowest BCUT2D eigenvalue weighted by Crippen LogP contribution is -2.45. The first-order valence-electron chi connectivity index (χ1n) is 8.54. The van der Waals surface area contributed by atoms with Crippen LogP contribution in [0, 0.1) is 0 Å². The van der Waals surface area contributed by atoms with E-state index in [1.54, 1.807) is 0 Å². The van der Waals surface area contributed by atoms with Crippen LogP contribution in [0.3, 0.4) is 0 Å². The summed E-state index contributed by atoms with van der Waals surface area (Å²) >= 11 is 1.91. The highest BCUT2D eigenvalue weighted by Gasteiger charge is 2.22. The van der Waals surface area contributed by atoms with Crippen LogP contribution in [0.5, 0.6) is 0 Å². The average molecular weight is 335 g/mol. The van der Waals surface area contributed by atoms with Gasteiger partial charge in [-0.2, -0.15) is 11.8 Å². The number of aliphatic imine (C=N–C) groups is 1. The van der Waals surface area contributed by atoms with E-state index in [0.29, 0.717) is 6.04 Å². The van der Waals surface area contributed by atoms with Crippen LogP contribution in [-0.2, 0) is 6.42 Å². The molecule has 1 heterocycles. The van der Waals surface area contributed by atoms with E-state index in [1.165, 1.54) is 29.8 Å². The number of hydrogen-bond donors (Lipinski definition) is 2. The Balaban J connectivity index is 1.74. The first-order chi connectivity index (χ1) is 11.3. The summed E-state index contributed by atoms with van der Waals surface area (Å²) in [6, 6.07) is 9.19. The SMILES string of the molecule is CN=C(NCCCCSC)NCC(C)N1CCc2ccccc21. The van der Waals surface area contributed by atoms with Crippen molar-refractivity contribution < 1.29 is 0 Å². The van der Waals surface area contributed by atoms with Crippen LogP contribution < -0.4 is 15.5 Å². The molecule has 2 N–H and O–H groups in total. The van der Waals surface area contributed by atoms with E-state index < -0.39 is 0 Å². The summed E-state index contributed by atoms with van der Waals surface area (Å²) in [5, 5.41) is 6.86. The molecule has 0 spiro atoms. The topological polar surface area (TPSA) is 39.7 Å². The van der Waals surface area contributed by atoms with Gasteiger partial charge in [0.25, 0.3) is 0 Å². The zero-order valence-corrected chi connectivity index (χ0v) is 15.5. The molecule has 1 atom stereocenters. The number of para-hydroxylation sites is 1. The van der Waals surface area contributed by atoms with Crippen LogP contribution in [0.25, 0.3) is 0 Å². The maximum atomic E-state index is 4.32. The molecule has 0 aromatic heterocycles. The highest BCUT2D eigenvalue weighted by molar-refractivity contribution is 7.98. The number of fused-ring (bicyclic) bond motifs is 1. The molecule has 5 heteroatoms. The van der Waals surface area contributed by atoms with Gasteiger partial charge in [-0.1, -0.05) is 18.2 Å². The summed E-state index contributed by atoms with van der Waals surface area (Å²) in [6.45, 7) is 5.28. The van der Waals surface area contributed by atoms with Crippen molar-refractivity contribution in [2.75, 3.05) is 43.6 Å². The predicted octanol–water partition coefficient (Wildman–Crippen LogP) is 2.75. The summed E-state index contributed by atoms with van der Waals surface area (Å²) < 4.78 is 0. The Morgan fingerprint density at radius 1 is 1.30 bits per heavy atom. The first kappa shape index (κ1) is 18.0. The maximum absolute atomic E-state index is 4.32. The minimum atomic E-state index is 0.452. The van der Waals surface area contributed by atoms with E-state index in [9.17, 15) is 0 Å². The molecule has 23 heavy (non-hydrogen) atoms. The molecule has 1 aliphatic rings. The molecule has 4 nitrogen and oxygen atoms in total. The van der Waals surface area contributed by atoms with Gasteiger partial charge in [-0.15, -0.1) is 0 Å². The molecule has 0 bridgehead atoms. The number of thioether (sulfide) groups is 1. The fraction of sp³-hybridized carbons (Fsp3) is 0.611. The van der Waals surface area contributed by atoms with Gasteiger partial charge in [0.15, 0.2) is 5.96 Å². The Morgan fingerprint density at radius 2 is 2.13 bits per heavy atom. The van der Waals surface area contributed by atoms with Gasteiger partial charge in [-0.25, -0.2) is 0 Å². The third-order valence-electron chi connectivity index (χ3n) is 4.31. The van der Waals surface area contributed by atoms with E-state index in [0.717, 1.165) is 32.0 Å². The molecule has 1 unspecified atom stereocenters. The highest BCUT2D eigenvalue weighted by Crippen LogP contribution is 2.28. The zero-order valence-electron chi connectivity index (χ0n) is 14.6. The molecule has 0 fully saturated rings. The normalized spacial score (nSPS) is 15.4. The summed E-state index contributed by atoms with van der Waals surface area (Å²) in [6.07, 6.45) is 5.76. The number of guanidine groups is 1. The Morgan fingerprint density at radius 3 is 2.91 bits per heavy atom. The standard InChI is InChI=1S/C18H30N4S/c1-15(22-12-10-16-8-4-5-9-17(16)22)14-21-18(19-2)20-11-6-7-13-23-3/h4-5,8-9,15H,6-7,10-14H2,1-3H3,(H2,19,20,21). The number of nitrogens with one attached hydrogen (secondary N) is 2. The van der Waals surface area contributed by atoms with E-state index >= 15 is 0 Å². The summed E-state index contributed by atoms with van der Waals surface area (Å²) in [4.78, 5) is 6.81. The largest absolute Gasteiger partial charge is 0.366 e. The second-order valence-electron chi connectivity index (χ2n) is 6.00. The van der Waals surface area contributed by atoms with Gasteiger partial charge in [0.1, 0.15) is 0 Å². The first-order valence-corrected chi connectivity index (χ1v) is 9.93. The van der Waals surface area contributed by atoms with E-state index in [-0.39, 0.29) is 0 Å². The Hall–Kier alpha value is -1.36. The smallest absolute Gasteiger partial charge is 0.191 e. The monoisotopic (exact) mass is 334 g/mol. The van der Waals surface area contributed by atoms with Crippen molar-refractivity contribution in [1.29, 1.82) is 0 Å². The van der Waals surface area contributed by atoms with Crippen molar-refractivity contribution in [3.05, 3.63) is 29.8 Å². The van der Waals surface area contributed by atoms with Gasteiger partial charge in [-0.05, 0) is 49.8 Å². The Bertz CT molecular complexity index is 504. The number of anilines is 1.